The Hall–Kier alpha value is 0.990. The fourth-order valence-corrected chi connectivity index (χ4v) is 3.05. The summed E-state index contributed by atoms with van der Waals surface area (Å²) in [5, 5.41) is 2.85. The molecular weight excluding hydrogens is 148 g/mol. The zero-order valence-electron chi connectivity index (χ0n) is 3.76. The highest BCUT2D eigenvalue weighted by atomic mass is 35.5. The Balaban J connectivity index is 2.14. The van der Waals surface area contributed by atoms with E-state index in [9.17, 15) is 0 Å². The molecule has 1 aliphatic rings. The van der Waals surface area contributed by atoms with E-state index in [1.807, 2.05) is 23.5 Å². The van der Waals surface area contributed by atoms with E-state index in [4.69, 9.17) is 11.6 Å². The Kier molecular flexibility index (Phi) is 2.71. The van der Waals surface area contributed by atoms with Gasteiger partial charge in [-0.2, -0.15) is 0 Å². The monoisotopic (exact) mass is 153 g/mol. The van der Waals surface area contributed by atoms with Gasteiger partial charge in [0.15, 0.2) is 0 Å². The van der Waals surface area contributed by atoms with Crippen molar-refractivity contribution in [3.8, 4) is 0 Å². The number of halogens is 1. The third kappa shape index (κ3) is 1.74. The van der Waals surface area contributed by atoms with E-state index in [0.29, 0.717) is 5.25 Å². The van der Waals surface area contributed by atoms with Gasteiger partial charge in [-0.15, -0.1) is 35.1 Å². The summed E-state index contributed by atoms with van der Waals surface area (Å²) in [5.41, 5.74) is 0. The highest BCUT2D eigenvalue weighted by molar-refractivity contribution is 8.22. The molecule has 1 radical (unpaired) electrons. The molecule has 0 aromatic rings. The van der Waals surface area contributed by atoms with E-state index in [0.717, 1.165) is 5.88 Å². The van der Waals surface area contributed by atoms with Crippen LogP contribution in [0.2, 0.25) is 0 Å². The van der Waals surface area contributed by atoms with E-state index in [-0.39, 0.29) is 0 Å². The van der Waals surface area contributed by atoms with Crippen molar-refractivity contribution in [2.75, 3.05) is 11.6 Å². The maximum atomic E-state index is 5.55. The Morgan fingerprint density at radius 3 is 3.00 bits per heavy atom. The van der Waals surface area contributed by atoms with Crippen molar-refractivity contribution in [3.05, 3.63) is 5.08 Å². The number of hydrogen-bond donors (Lipinski definition) is 0. The maximum absolute atomic E-state index is 5.55. The van der Waals surface area contributed by atoms with Crippen molar-refractivity contribution in [2.45, 2.75) is 5.25 Å². The maximum Gasteiger partial charge on any atom is 0.0716 e. The third-order valence-corrected chi connectivity index (χ3v) is 3.84. The summed E-state index contributed by atoms with van der Waals surface area (Å²) in [5.74, 6) is 2.00. The highest BCUT2D eigenvalue weighted by Gasteiger charge is 2.13. The largest absolute Gasteiger partial charge is 0.144 e. The first-order chi connectivity index (χ1) is 3.43. The van der Waals surface area contributed by atoms with Crippen LogP contribution >= 0.6 is 35.1 Å². The lowest BCUT2D eigenvalue weighted by atomic mass is 10.6. The Bertz CT molecular complexity index is 51.7. The molecule has 1 unspecified atom stereocenters. The van der Waals surface area contributed by atoms with E-state index >= 15 is 0 Å². The second kappa shape index (κ2) is 3.10. The standard InChI is InChI=1S/C4H6ClS2/c5-1-4-2-6-3-7-4/h3-4H,1-2H2. The normalized spacial score (nSPS) is 31.3. The van der Waals surface area contributed by atoms with Gasteiger partial charge < -0.3 is 0 Å². The van der Waals surface area contributed by atoms with E-state index in [1.165, 1.54) is 5.75 Å². The molecule has 0 saturated carbocycles. The van der Waals surface area contributed by atoms with E-state index < -0.39 is 0 Å². The SMILES string of the molecule is ClCC1CS[CH]S1. The molecule has 1 saturated heterocycles. The number of thioether (sulfide) groups is 2. The predicted molar refractivity (Wildman–Crippen MR) is 38.9 cm³/mol. The van der Waals surface area contributed by atoms with Gasteiger partial charge in [-0.3, -0.25) is 0 Å². The summed E-state index contributed by atoms with van der Waals surface area (Å²) < 4.78 is 0. The average molecular weight is 154 g/mol. The summed E-state index contributed by atoms with van der Waals surface area (Å²) in [6, 6.07) is 0. The van der Waals surface area contributed by atoms with Crippen LogP contribution in [-0.2, 0) is 0 Å². The Morgan fingerprint density at radius 2 is 2.71 bits per heavy atom. The molecule has 0 aliphatic carbocycles. The molecule has 1 heterocycles. The fourth-order valence-electron chi connectivity index (χ4n) is 0.385. The van der Waals surface area contributed by atoms with E-state index in [1.54, 1.807) is 0 Å². The minimum absolute atomic E-state index is 0.687. The smallest absolute Gasteiger partial charge is 0.0716 e. The van der Waals surface area contributed by atoms with Crippen LogP contribution in [0.15, 0.2) is 0 Å². The van der Waals surface area contributed by atoms with Crippen LogP contribution in [0.1, 0.15) is 0 Å². The number of hydrogen-bond acceptors (Lipinski definition) is 2. The fraction of sp³-hybridized carbons (Fsp3) is 0.750. The molecule has 0 bridgehead atoms. The van der Waals surface area contributed by atoms with Crippen molar-refractivity contribution in [2.24, 2.45) is 0 Å². The van der Waals surface area contributed by atoms with Crippen LogP contribution < -0.4 is 0 Å². The van der Waals surface area contributed by atoms with Crippen LogP contribution in [0.5, 0.6) is 0 Å². The van der Waals surface area contributed by atoms with Gasteiger partial charge in [0, 0.05) is 16.9 Å². The molecule has 1 atom stereocenters. The molecule has 0 nitrogen and oxygen atoms in total. The van der Waals surface area contributed by atoms with Crippen molar-refractivity contribution in [3.63, 3.8) is 0 Å². The lowest BCUT2D eigenvalue weighted by Crippen LogP contribution is -2.00. The van der Waals surface area contributed by atoms with Gasteiger partial charge >= 0.3 is 0 Å². The zero-order chi connectivity index (χ0) is 5.11. The van der Waals surface area contributed by atoms with Crippen molar-refractivity contribution < 1.29 is 0 Å². The van der Waals surface area contributed by atoms with Gasteiger partial charge in [-0.05, 0) is 0 Å². The lowest BCUT2D eigenvalue weighted by Gasteiger charge is -1.96. The van der Waals surface area contributed by atoms with Gasteiger partial charge in [0.05, 0.1) is 5.08 Å². The zero-order valence-corrected chi connectivity index (χ0v) is 6.15. The molecule has 1 aliphatic heterocycles. The highest BCUT2D eigenvalue weighted by Crippen LogP contribution is 2.34. The van der Waals surface area contributed by atoms with E-state index in [2.05, 4.69) is 5.08 Å². The second-order valence-corrected chi connectivity index (χ2v) is 4.03. The molecular formula is C4H6ClS2. The Morgan fingerprint density at radius 1 is 1.86 bits per heavy atom. The molecule has 0 spiro atoms. The van der Waals surface area contributed by atoms with Crippen LogP contribution in [-0.4, -0.2) is 16.9 Å². The van der Waals surface area contributed by atoms with Crippen LogP contribution in [0, 0.1) is 5.08 Å². The molecule has 1 rings (SSSR count). The van der Waals surface area contributed by atoms with Crippen molar-refractivity contribution >= 4 is 35.1 Å². The van der Waals surface area contributed by atoms with Gasteiger partial charge in [0.1, 0.15) is 0 Å². The lowest BCUT2D eigenvalue weighted by molar-refractivity contribution is 1.16. The summed E-state index contributed by atoms with van der Waals surface area (Å²) in [7, 11) is 0. The summed E-state index contributed by atoms with van der Waals surface area (Å²) in [6.07, 6.45) is 0. The van der Waals surface area contributed by atoms with Crippen LogP contribution in [0.4, 0.5) is 0 Å². The van der Waals surface area contributed by atoms with Gasteiger partial charge in [0.25, 0.3) is 0 Å². The quantitative estimate of drug-likeness (QED) is 0.530. The third-order valence-electron chi connectivity index (χ3n) is 0.770. The van der Waals surface area contributed by atoms with Crippen LogP contribution in [0.3, 0.4) is 0 Å². The van der Waals surface area contributed by atoms with Gasteiger partial charge in [-0.25, -0.2) is 0 Å². The second-order valence-electron chi connectivity index (χ2n) is 1.34. The molecule has 0 aromatic heterocycles. The number of rotatable bonds is 1. The first kappa shape index (κ1) is 6.12. The summed E-state index contributed by atoms with van der Waals surface area (Å²) >= 11 is 9.26. The van der Waals surface area contributed by atoms with Crippen LogP contribution in [0.25, 0.3) is 0 Å². The first-order valence-electron chi connectivity index (χ1n) is 2.08. The minimum atomic E-state index is 0.687. The van der Waals surface area contributed by atoms with Crippen molar-refractivity contribution in [1.29, 1.82) is 0 Å². The first-order valence-corrected chi connectivity index (χ1v) is 4.61. The summed E-state index contributed by atoms with van der Waals surface area (Å²) in [4.78, 5) is 0. The molecule has 41 valence electrons. The predicted octanol–water partition coefficient (Wildman–Crippen LogP) is 2.19. The number of alkyl halides is 1. The van der Waals surface area contributed by atoms with Crippen molar-refractivity contribution in [1.82, 2.24) is 0 Å². The summed E-state index contributed by atoms with van der Waals surface area (Å²) in [6.45, 7) is 0. The minimum Gasteiger partial charge on any atom is -0.144 e. The molecule has 0 aromatic carbocycles. The molecule has 7 heavy (non-hydrogen) atoms. The van der Waals surface area contributed by atoms with Gasteiger partial charge in [-0.1, -0.05) is 0 Å². The Labute approximate surface area is 57.4 Å². The average Bonchev–Trinajstić information content (AvgIpc) is 2.14. The topological polar surface area (TPSA) is 0 Å². The van der Waals surface area contributed by atoms with Gasteiger partial charge in [0.2, 0.25) is 0 Å². The molecule has 1 fully saturated rings. The molecule has 0 amide bonds. The molecule has 0 N–H and O–H groups in total. The molecule has 3 heteroatoms.